The van der Waals surface area contributed by atoms with Gasteiger partial charge < -0.3 is 18.6 Å². The molecule has 0 amide bonds. The molecular formula is C23H38B2O4. The lowest BCUT2D eigenvalue weighted by molar-refractivity contribution is 0.00578. The zero-order valence-electron chi connectivity index (χ0n) is 20.2. The van der Waals surface area contributed by atoms with Crippen LogP contribution < -0.4 is 0 Å². The van der Waals surface area contributed by atoms with Gasteiger partial charge in [0.25, 0.3) is 0 Å². The molecule has 0 saturated carbocycles. The Balaban J connectivity index is 1.98. The SMILES string of the molecule is Cc1cc(C)c(CC(B2OC(C)(C)C(C)(C)O2)B2OC(C)(C)C(C)(C)O2)c(C)c1. The van der Waals surface area contributed by atoms with E-state index in [1.807, 2.05) is 0 Å². The fraction of sp³-hybridized carbons (Fsp3) is 0.739. The van der Waals surface area contributed by atoms with E-state index in [1.54, 1.807) is 0 Å². The Morgan fingerprint density at radius 3 is 1.28 bits per heavy atom. The molecule has 29 heavy (non-hydrogen) atoms. The summed E-state index contributed by atoms with van der Waals surface area (Å²) < 4.78 is 25.9. The molecule has 1 aromatic carbocycles. The van der Waals surface area contributed by atoms with Gasteiger partial charge in [-0.2, -0.15) is 0 Å². The zero-order valence-corrected chi connectivity index (χ0v) is 20.2. The van der Waals surface area contributed by atoms with Crippen molar-refractivity contribution in [1.29, 1.82) is 0 Å². The summed E-state index contributed by atoms with van der Waals surface area (Å²) in [7, 11) is -0.787. The van der Waals surface area contributed by atoms with Gasteiger partial charge in [0, 0.05) is 5.72 Å². The third-order valence-electron chi connectivity index (χ3n) is 7.52. The minimum absolute atomic E-state index is 0.0720. The minimum Gasteiger partial charge on any atom is -0.403 e. The van der Waals surface area contributed by atoms with Crippen LogP contribution in [0.25, 0.3) is 0 Å². The smallest absolute Gasteiger partial charge is 0.403 e. The van der Waals surface area contributed by atoms with Crippen molar-refractivity contribution in [2.24, 2.45) is 0 Å². The average molecular weight is 400 g/mol. The second kappa shape index (κ2) is 7.12. The second-order valence-corrected chi connectivity index (χ2v) is 11.0. The minimum atomic E-state index is -0.394. The molecule has 0 bridgehead atoms. The number of benzene rings is 1. The van der Waals surface area contributed by atoms with E-state index in [9.17, 15) is 0 Å². The van der Waals surface area contributed by atoms with Crippen molar-refractivity contribution in [3.63, 3.8) is 0 Å². The largest absolute Gasteiger partial charge is 0.459 e. The van der Waals surface area contributed by atoms with Gasteiger partial charge in [0.05, 0.1) is 22.4 Å². The fourth-order valence-electron chi connectivity index (χ4n) is 4.22. The normalized spacial score (nSPS) is 24.6. The summed E-state index contributed by atoms with van der Waals surface area (Å²) in [5, 5.41) is 0. The van der Waals surface area contributed by atoms with Crippen molar-refractivity contribution in [3.8, 4) is 0 Å². The van der Waals surface area contributed by atoms with Crippen LogP contribution in [0.15, 0.2) is 12.1 Å². The van der Waals surface area contributed by atoms with Gasteiger partial charge in [-0.05, 0) is 99.3 Å². The maximum absolute atomic E-state index is 6.47. The van der Waals surface area contributed by atoms with Gasteiger partial charge in [0.2, 0.25) is 0 Å². The Morgan fingerprint density at radius 1 is 0.655 bits per heavy atom. The highest BCUT2D eigenvalue weighted by atomic mass is 16.7. The summed E-state index contributed by atoms with van der Waals surface area (Å²) in [6, 6.07) is 4.49. The van der Waals surface area contributed by atoms with Gasteiger partial charge in [-0.3, -0.25) is 0 Å². The monoisotopic (exact) mass is 400 g/mol. The van der Waals surface area contributed by atoms with Crippen molar-refractivity contribution in [1.82, 2.24) is 0 Å². The van der Waals surface area contributed by atoms with E-state index < -0.39 is 36.6 Å². The Kier molecular flexibility index (Phi) is 5.61. The van der Waals surface area contributed by atoms with E-state index in [1.165, 1.54) is 22.3 Å². The van der Waals surface area contributed by atoms with Crippen LogP contribution in [0.2, 0.25) is 5.72 Å². The molecule has 6 heteroatoms. The fourth-order valence-corrected chi connectivity index (χ4v) is 4.22. The van der Waals surface area contributed by atoms with E-state index in [0.29, 0.717) is 0 Å². The molecule has 2 aliphatic rings. The van der Waals surface area contributed by atoms with Crippen LogP contribution in [0.4, 0.5) is 0 Å². The summed E-state index contributed by atoms with van der Waals surface area (Å²) >= 11 is 0. The van der Waals surface area contributed by atoms with E-state index in [-0.39, 0.29) is 5.72 Å². The van der Waals surface area contributed by atoms with Gasteiger partial charge in [0.1, 0.15) is 0 Å². The van der Waals surface area contributed by atoms with Crippen molar-refractivity contribution in [2.75, 3.05) is 0 Å². The van der Waals surface area contributed by atoms with Gasteiger partial charge in [-0.15, -0.1) is 0 Å². The van der Waals surface area contributed by atoms with Crippen molar-refractivity contribution in [3.05, 3.63) is 34.4 Å². The summed E-state index contributed by atoms with van der Waals surface area (Å²) in [4.78, 5) is 0. The molecular weight excluding hydrogens is 362 g/mol. The molecule has 2 heterocycles. The maximum atomic E-state index is 6.47. The van der Waals surface area contributed by atoms with Gasteiger partial charge in [0.15, 0.2) is 0 Å². The number of aryl methyl sites for hydroxylation is 3. The van der Waals surface area contributed by atoms with E-state index in [0.717, 1.165) is 6.42 Å². The molecule has 0 spiro atoms. The average Bonchev–Trinajstić information content (AvgIpc) is 2.85. The molecule has 4 nitrogen and oxygen atoms in total. The standard InChI is InChI=1S/C23H38B2O4/c1-15-12-16(2)18(17(3)13-15)14-19(24-26-20(4,5)21(6,7)27-24)25-28-22(8,9)23(10,11)29-25/h12-13,19H,14H2,1-11H3. The molecule has 0 radical (unpaired) electrons. The third-order valence-corrected chi connectivity index (χ3v) is 7.52. The molecule has 2 saturated heterocycles. The van der Waals surface area contributed by atoms with Crippen molar-refractivity contribution in [2.45, 2.75) is 111 Å². The molecule has 1 aromatic rings. The van der Waals surface area contributed by atoms with Crippen LogP contribution in [0.1, 0.15) is 77.6 Å². The second-order valence-electron chi connectivity index (χ2n) is 11.0. The lowest BCUT2D eigenvalue weighted by Crippen LogP contribution is -2.41. The van der Waals surface area contributed by atoms with Crippen LogP contribution in [0.3, 0.4) is 0 Å². The Labute approximate surface area is 178 Å². The summed E-state index contributed by atoms with van der Waals surface area (Å²) in [5.74, 6) is 0. The predicted molar refractivity (Wildman–Crippen MR) is 120 cm³/mol. The molecule has 3 rings (SSSR count). The molecule has 0 aromatic heterocycles. The Bertz CT molecular complexity index is 694. The first-order valence-electron chi connectivity index (χ1n) is 10.8. The Morgan fingerprint density at radius 2 is 0.966 bits per heavy atom. The topological polar surface area (TPSA) is 36.9 Å². The highest BCUT2D eigenvalue weighted by Crippen LogP contribution is 2.46. The van der Waals surface area contributed by atoms with Crippen LogP contribution in [-0.2, 0) is 25.0 Å². The summed E-state index contributed by atoms with van der Waals surface area (Å²) in [6.45, 7) is 23.3. The lowest BCUT2D eigenvalue weighted by Gasteiger charge is -2.32. The van der Waals surface area contributed by atoms with Crippen molar-refractivity contribution >= 4 is 14.2 Å². The number of rotatable bonds is 4. The molecule has 160 valence electrons. The van der Waals surface area contributed by atoms with Gasteiger partial charge >= 0.3 is 14.2 Å². The molecule has 0 N–H and O–H groups in total. The molecule has 2 fully saturated rings. The van der Waals surface area contributed by atoms with E-state index in [4.69, 9.17) is 18.6 Å². The third kappa shape index (κ3) is 4.06. The van der Waals surface area contributed by atoms with E-state index >= 15 is 0 Å². The van der Waals surface area contributed by atoms with Gasteiger partial charge in [-0.1, -0.05) is 17.7 Å². The lowest BCUT2D eigenvalue weighted by atomic mass is 9.49. The van der Waals surface area contributed by atoms with Crippen LogP contribution in [0.5, 0.6) is 0 Å². The molecule has 2 aliphatic heterocycles. The summed E-state index contributed by atoms with van der Waals surface area (Å²) in [5.41, 5.74) is 3.55. The maximum Gasteiger partial charge on any atom is 0.459 e. The first kappa shape index (κ1) is 22.9. The quantitative estimate of drug-likeness (QED) is 0.648. The highest BCUT2D eigenvalue weighted by Gasteiger charge is 2.61. The van der Waals surface area contributed by atoms with Crippen LogP contribution >= 0.6 is 0 Å². The van der Waals surface area contributed by atoms with Crippen molar-refractivity contribution < 1.29 is 18.6 Å². The van der Waals surface area contributed by atoms with Crippen LogP contribution in [0, 0.1) is 20.8 Å². The zero-order chi connectivity index (χ0) is 22.0. The van der Waals surface area contributed by atoms with E-state index in [2.05, 4.69) is 88.3 Å². The van der Waals surface area contributed by atoms with Gasteiger partial charge in [-0.25, -0.2) is 0 Å². The first-order valence-corrected chi connectivity index (χ1v) is 10.8. The molecule has 0 unspecified atom stereocenters. The highest BCUT2D eigenvalue weighted by molar-refractivity contribution is 6.68. The number of hydrogen-bond acceptors (Lipinski definition) is 4. The number of hydrogen-bond donors (Lipinski definition) is 0. The van der Waals surface area contributed by atoms with Crippen LogP contribution in [-0.4, -0.2) is 36.6 Å². The molecule has 0 atom stereocenters. The summed E-state index contributed by atoms with van der Waals surface area (Å²) in [6.07, 6.45) is 0.783. The first-order chi connectivity index (χ1) is 13.1. The Hall–Kier alpha value is -0.810. The molecule has 0 aliphatic carbocycles. The predicted octanol–water partition coefficient (Wildman–Crippen LogP) is 5.25.